The van der Waals surface area contributed by atoms with Crippen molar-refractivity contribution in [3.63, 3.8) is 0 Å². The van der Waals surface area contributed by atoms with Gasteiger partial charge in [-0.2, -0.15) is 0 Å². The maximum atomic E-state index is 10.1. The highest BCUT2D eigenvalue weighted by Gasteiger charge is 2.10. The van der Waals surface area contributed by atoms with Crippen LogP contribution in [-0.2, 0) is 0 Å². The maximum absolute atomic E-state index is 10.1. The normalized spacial score (nSPS) is 11.1. The summed E-state index contributed by atoms with van der Waals surface area (Å²) < 4.78 is 5.06. The predicted molar refractivity (Wildman–Crippen MR) is 72.6 cm³/mol. The van der Waals surface area contributed by atoms with Crippen LogP contribution in [0, 0.1) is 0 Å². The Bertz CT molecular complexity index is 440. The van der Waals surface area contributed by atoms with E-state index in [0.717, 1.165) is 11.3 Å². The lowest BCUT2D eigenvalue weighted by molar-refractivity contribution is 0.215. The molecule has 1 heterocycles. The largest absolute Gasteiger partial charge is 0.497 e. The molecule has 0 radical (unpaired) electrons. The van der Waals surface area contributed by atoms with Crippen molar-refractivity contribution < 1.29 is 9.84 Å². The molecule has 1 unspecified atom stereocenters. The molecule has 0 fully saturated rings. The fraction of sp³-hybridized carbons (Fsp3) is 0.267. The predicted octanol–water partition coefficient (Wildman–Crippen LogP) is 3.20. The molecule has 2 rings (SSSR count). The number of ether oxygens (including phenoxy) is 1. The molecule has 1 aromatic heterocycles. The van der Waals surface area contributed by atoms with Crippen LogP contribution >= 0.6 is 0 Å². The van der Waals surface area contributed by atoms with Crippen molar-refractivity contribution in [1.29, 1.82) is 0 Å². The lowest BCUT2D eigenvalue weighted by Crippen LogP contribution is -2.01. The molecule has 0 aliphatic carbocycles. The van der Waals surface area contributed by atoms with Gasteiger partial charge >= 0.3 is 0 Å². The number of methoxy groups -OCH3 is 1. The number of rotatable bonds is 3. The summed E-state index contributed by atoms with van der Waals surface area (Å²) in [7, 11) is 1.62. The zero-order chi connectivity index (χ0) is 13.4. The summed E-state index contributed by atoms with van der Waals surface area (Å²) in [6, 6.07) is 12.8. The number of aliphatic hydroxyl groups is 1. The lowest BCUT2D eigenvalue weighted by Gasteiger charge is -2.10. The number of aromatic nitrogens is 1. The van der Waals surface area contributed by atoms with Crippen LogP contribution in [0.3, 0.4) is 0 Å². The van der Waals surface area contributed by atoms with E-state index in [4.69, 9.17) is 4.74 Å². The number of pyridine rings is 1. The monoisotopic (exact) mass is 245 g/mol. The third kappa shape index (κ3) is 3.57. The van der Waals surface area contributed by atoms with E-state index >= 15 is 0 Å². The fourth-order valence-electron chi connectivity index (χ4n) is 1.49. The molecule has 3 nitrogen and oxygen atoms in total. The van der Waals surface area contributed by atoms with Crippen LogP contribution in [0.15, 0.2) is 48.7 Å². The van der Waals surface area contributed by atoms with Gasteiger partial charge < -0.3 is 9.84 Å². The van der Waals surface area contributed by atoms with Crippen LogP contribution in [-0.4, -0.2) is 17.2 Å². The zero-order valence-corrected chi connectivity index (χ0v) is 11.0. The van der Waals surface area contributed by atoms with E-state index in [1.165, 1.54) is 0 Å². The average molecular weight is 245 g/mol. The molecule has 0 bridgehead atoms. The Morgan fingerprint density at radius 2 is 1.72 bits per heavy atom. The highest BCUT2D eigenvalue weighted by Crippen LogP contribution is 2.21. The summed E-state index contributed by atoms with van der Waals surface area (Å²) in [5.74, 6) is 0.775. The molecule has 18 heavy (non-hydrogen) atoms. The highest BCUT2D eigenvalue weighted by atomic mass is 16.5. The molecule has 0 aliphatic heterocycles. The van der Waals surface area contributed by atoms with E-state index in [0.29, 0.717) is 5.69 Å². The summed E-state index contributed by atoms with van der Waals surface area (Å²) in [4.78, 5) is 4.12. The molecule has 0 saturated carbocycles. The van der Waals surface area contributed by atoms with Gasteiger partial charge in [0.1, 0.15) is 11.9 Å². The van der Waals surface area contributed by atoms with E-state index in [1.807, 2.05) is 50.2 Å². The Morgan fingerprint density at radius 1 is 1.06 bits per heavy atom. The van der Waals surface area contributed by atoms with Gasteiger partial charge in [-0.05, 0) is 29.8 Å². The minimum Gasteiger partial charge on any atom is -0.497 e. The summed E-state index contributed by atoms with van der Waals surface area (Å²) >= 11 is 0. The second-order valence-electron chi connectivity index (χ2n) is 3.43. The first kappa shape index (κ1) is 14.2. The number of benzene rings is 1. The van der Waals surface area contributed by atoms with Gasteiger partial charge in [0.15, 0.2) is 0 Å². The number of nitrogens with zero attached hydrogens (tertiary/aromatic N) is 1. The smallest absolute Gasteiger partial charge is 0.121 e. The number of aliphatic hydroxyl groups excluding tert-OH is 1. The summed E-state index contributed by atoms with van der Waals surface area (Å²) in [6.07, 6.45) is 0.981. The quantitative estimate of drug-likeness (QED) is 0.903. The van der Waals surface area contributed by atoms with E-state index < -0.39 is 6.10 Å². The standard InChI is InChI=1S/C13H13NO2.C2H6/c1-16-11-7-5-10(6-8-11)13(15)12-4-2-3-9-14-12;1-2/h2-9,13,15H,1H3;1-2H3. The van der Waals surface area contributed by atoms with Gasteiger partial charge in [-0.15, -0.1) is 0 Å². The van der Waals surface area contributed by atoms with E-state index in [9.17, 15) is 5.11 Å². The van der Waals surface area contributed by atoms with Crippen LogP contribution in [0.1, 0.15) is 31.2 Å². The van der Waals surface area contributed by atoms with Crippen molar-refractivity contribution in [2.75, 3.05) is 7.11 Å². The second kappa shape index (κ2) is 7.45. The first-order chi connectivity index (χ1) is 8.81. The summed E-state index contributed by atoms with van der Waals surface area (Å²) in [6.45, 7) is 4.00. The summed E-state index contributed by atoms with van der Waals surface area (Å²) in [5.41, 5.74) is 1.45. The Kier molecular flexibility index (Phi) is 5.88. The van der Waals surface area contributed by atoms with Crippen molar-refractivity contribution >= 4 is 0 Å². The van der Waals surface area contributed by atoms with Gasteiger partial charge in [-0.3, -0.25) is 4.98 Å². The topological polar surface area (TPSA) is 42.4 Å². The molecule has 1 atom stereocenters. The minimum absolute atomic E-state index is 0.646. The zero-order valence-electron chi connectivity index (χ0n) is 11.0. The first-order valence-electron chi connectivity index (χ1n) is 6.04. The second-order valence-corrected chi connectivity index (χ2v) is 3.43. The van der Waals surface area contributed by atoms with Gasteiger partial charge in [0.25, 0.3) is 0 Å². The molecule has 2 aromatic rings. The van der Waals surface area contributed by atoms with E-state index in [2.05, 4.69) is 4.98 Å². The van der Waals surface area contributed by atoms with Crippen LogP contribution in [0.4, 0.5) is 0 Å². The molecular formula is C15H19NO2. The van der Waals surface area contributed by atoms with Crippen molar-refractivity contribution in [3.05, 3.63) is 59.9 Å². The van der Waals surface area contributed by atoms with Crippen molar-refractivity contribution in [3.8, 4) is 5.75 Å². The Balaban J connectivity index is 0.000000771. The van der Waals surface area contributed by atoms with Crippen molar-refractivity contribution in [1.82, 2.24) is 4.98 Å². The molecule has 0 aliphatic rings. The van der Waals surface area contributed by atoms with Crippen molar-refractivity contribution in [2.45, 2.75) is 20.0 Å². The van der Waals surface area contributed by atoms with Crippen LogP contribution in [0.5, 0.6) is 5.75 Å². The fourth-order valence-corrected chi connectivity index (χ4v) is 1.49. The van der Waals surface area contributed by atoms with Gasteiger partial charge in [-0.25, -0.2) is 0 Å². The van der Waals surface area contributed by atoms with E-state index in [1.54, 1.807) is 19.4 Å². The molecule has 0 saturated heterocycles. The first-order valence-corrected chi connectivity index (χ1v) is 6.04. The van der Waals surface area contributed by atoms with Crippen molar-refractivity contribution in [2.24, 2.45) is 0 Å². The van der Waals surface area contributed by atoms with Crippen LogP contribution < -0.4 is 4.74 Å². The molecule has 0 amide bonds. The molecular weight excluding hydrogens is 226 g/mol. The third-order valence-electron chi connectivity index (χ3n) is 2.40. The van der Waals surface area contributed by atoms with Gasteiger partial charge in [0.2, 0.25) is 0 Å². The number of hydrogen-bond donors (Lipinski definition) is 1. The van der Waals surface area contributed by atoms with Gasteiger partial charge in [-0.1, -0.05) is 32.0 Å². The third-order valence-corrected chi connectivity index (χ3v) is 2.40. The van der Waals surface area contributed by atoms with Crippen LogP contribution in [0.2, 0.25) is 0 Å². The Labute approximate surface area is 108 Å². The number of hydrogen-bond acceptors (Lipinski definition) is 3. The molecule has 0 spiro atoms. The average Bonchev–Trinajstić information content (AvgIpc) is 2.49. The molecule has 96 valence electrons. The Morgan fingerprint density at radius 3 is 2.22 bits per heavy atom. The lowest BCUT2D eigenvalue weighted by atomic mass is 10.1. The SMILES string of the molecule is CC.COc1ccc(C(O)c2ccccn2)cc1. The minimum atomic E-state index is -0.688. The van der Waals surface area contributed by atoms with E-state index in [-0.39, 0.29) is 0 Å². The molecule has 1 aromatic carbocycles. The maximum Gasteiger partial charge on any atom is 0.121 e. The molecule has 3 heteroatoms. The highest BCUT2D eigenvalue weighted by molar-refractivity contribution is 5.31. The van der Waals surface area contributed by atoms with Gasteiger partial charge in [0.05, 0.1) is 12.8 Å². The molecule has 1 N–H and O–H groups in total. The Hall–Kier alpha value is -1.87. The summed E-state index contributed by atoms with van der Waals surface area (Å²) in [5, 5.41) is 10.1. The van der Waals surface area contributed by atoms with Gasteiger partial charge in [0, 0.05) is 6.20 Å². The van der Waals surface area contributed by atoms with Crippen LogP contribution in [0.25, 0.3) is 0 Å².